The molecule has 1 heterocycles. The molecule has 0 saturated carbocycles. The number of amides is 4. The standard InChI is InChI=1S/C32H23BrFIN2O6/c1-41-28-16-21(15-27(35)29(28)43-18-20-4-8-23(34)9-5-20)14-26-30(38)36-32(40)37(31(26)39)24-10-12-25(13-11-24)42-17-19-2-6-22(33)7-3-19/h2-16H,17-18H2,1H3,(H,36,38,40)/b26-14+. The van der Waals surface area contributed by atoms with Crippen molar-refractivity contribution in [3.63, 3.8) is 0 Å². The average Bonchev–Trinajstić information content (AvgIpc) is 2.99. The number of anilines is 1. The Kier molecular flexibility index (Phi) is 9.41. The van der Waals surface area contributed by atoms with Gasteiger partial charge in [0.2, 0.25) is 0 Å². The highest BCUT2D eigenvalue weighted by molar-refractivity contribution is 14.1. The summed E-state index contributed by atoms with van der Waals surface area (Å²) in [6.45, 7) is 0.522. The van der Waals surface area contributed by atoms with E-state index in [0.29, 0.717) is 33.0 Å². The lowest BCUT2D eigenvalue weighted by Gasteiger charge is -2.26. The molecule has 5 rings (SSSR count). The number of rotatable bonds is 9. The van der Waals surface area contributed by atoms with Crippen LogP contribution in [0, 0.1) is 9.39 Å². The molecule has 8 nitrogen and oxygen atoms in total. The van der Waals surface area contributed by atoms with E-state index in [0.717, 1.165) is 20.5 Å². The second kappa shape index (κ2) is 13.4. The molecule has 1 aliphatic rings. The van der Waals surface area contributed by atoms with Crippen molar-refractivity contribution in [2.75, 3.05) is 12.0 Å². The highest BCUT2D eigenvalue weighted by atomic mass is 127. The summed E-state index contributed by atoms with van der Waals surface area (Å²) in [6, 6.07) is 22.6. The van der Waals surface area contributed by atoms with Gasteiger partial charge in [0.1, 0.15) is 30.4 Å². The summed E-state index contributed by atoms with van der Waals surface area (Å²) in [5, 5.41) is 2.23. The van der Waals surface area contributed by atoms with Crippen LogP contribution in [-0.4, -0.2) is 25.0 Å². The molecule has 4 aromatic rings. The van der Waals surface area contributed by atoms with Gasteiger partial charge in [0.25, 0.3) is 11.8 Å². The number of nitrogens with one attached hydrogen (secondary N) is 1. The molecule has 1 N–H and O–H groups in total. The van der Waals surface area contributed by atoms with Crippen molar-refractivity contribution >= 4 is 68.1 Å². The van der Waals surface area contributed by atoms with Crippen molar-refractivity contribution in [2.45, 2.75) is 13.2 Å². The Hall–Kier alpha value is -4.23. The van der Waals surface area contributed by atoms with E-state index >= 15 is 0 Å². The van der Waals surface area contributed by atoms with Gasteiger partial charge in [0, 0.05) is 4.47 Å². The van der Waals surface area contributed by atoms with Crippen molar-refractivity contribution in [1.82, 2.24) is 5.32 Å². The fraction of sp³-hybridized carbons (Fsp3) is 0.0938. The number of carbonyl (C=O) groups is 3. The maximum Gasteiger partial charge on any atom is 0.335 e. The molecule has 4 amide bonds. The predicted molar refractivity (Wildman–Crippen MR) is 170 cm³/mol. The first-order valence-corrected chi connectivity index (χ1v) is 14.7. The minimum Gasteiger partial charge on any atom is -0.493 e. The molecule has 0 unspecified atom stereocenters. The zero-order valence-corrected chi connectivity index (χ0v) is 26.3. The van der Waals surface area contributed by atoms with Crippen LogP contribution in [0.15, 0.2) is 95.0 Å². The molecule has 1 saturated heterocycles. The molecule has 0 spiro atoms. The Morgan fingerprint density at radius 2 is 1.51 bits per heavy atom. The minimum absolute atomic E-state index is 0.180. The van der Waals surface area contributed by atoms with Gasteiger partial charge in [0.05, 0.1) is 16.4 Å². The molecule has 1 fully saturated rings. The van der Waals surface area contributed by atoms with Gasteiger partial charge in [-0.25, -0.2) is 14.1 Å². The van der Waals surface area contributed by atoms with Gasteiger partial charge in [-0.15, -0.1) is 0 Å². The van der Waals surface area contributed by atoms with Crippen LogP contribution in [0.4, 0.5) is 14.9 Å². The van der Waals surface area contributed by atoms with E-state index in [-0.39, 0.29) is 23.7 Å². The topological polar surface area (TPSA) is 94.2 Å². The normalized spacial score (nSPS) is 14.1. The number of benzene rings is 4. The second-order valence-corrected chi connectivity index (χ2v) is 11.4. The zero-order chi connectivity index (χ0) is 30.5. The Bertz CT molecular complexity index is 1710. The molecule has 0 aromatic heterocycles. The minimum atomic E-state index is -0.854. The van der Waals surface area contributed by atoms with Crippen molar-refractivity contribution in [2.24, 2.45) is 0 Å². The van der Waals surface area contributed by atoms with Gasteiger partial charge >= 0.3 is 6.03 Å². The molecule has 4 aromatic carbocycles. The van der Waals surface area contributed by atoms with E-state index in [1.54, 1.807) is 48.5 Å². The van der Waals surface area contributed by atoms with Crippen LogP contribution in [0.3, 0.4) is 0 Å². The lowest BCUT2D eigenvalue weighted by molar-refractivity contribution is -0.122. The van der Waals surface area contributed by atoms with Crippen molar-refractivity contribution in [3.05, 3.63) is 121 Å². The van der Waals surface area contributed by atoms with Crippen LogP contribution >= 0.6 is 38.5 Å². The molecule has 0 atom stereocenters. The van der Waals surface area contributed by atoms with Gasteiger partial charge in [-0.05, 0) is 106 Å². The SMILES string of the molecule is COc1cc(/C=C2\C(=O)NC(=O)N(c3ccc(OCc4ccc(Br)cc4)cc3)C2=O)cc(I)c1OCc1ccc(F)cc1. The fourth-order valence-corrected chi connectivity index (χ4v) is 5.24. The van der Waals surface area contributed by atoms with E-state index in [4.69, 9.17) is 14.2 Å². The molecule has 218 valence electrons. The molecule has 0 bridgehead atoms. The summed E-state index contributed by atoms with van der Waals surface area (Å²) >= 11 is 5.46. The number of carbonyl (C=O) groups excluding carboxylic acids is 3. The summed E-state index contributed by atoms with van der Waals surface area (Å²) in [5.74, 6) is -0.557. The number of urea groups is 1. The zero-order valence-electron chi connectivity index (χ0n) is 22.6. The third-order valence-electron chi connectivity index (χ3n) is 6.37. The van der Waals surface area contributed by atoms with E-state index in [2.05, 4.69) is 43.8 Å². The first-order chi connectivity index (χ1) is 20.7. The molecule has 43 heavy (non-hydrogen) atoms. The number of methoxy groups -OCH3 is 1. The first-order valence-electron chi connectivity index (χ1n) is 12.9. The Morgan fingerprint density at radius 3 is 2.16 bits per heavy atom. The van der Waals surface area contributed by atoms with Crippen LogP contribution in [0.5, 0.6) is 17.2 Å². The van der Waals surface area contributed by atoms with Crippen molar-refractivity contribution < 1.29 is 33.0 Å². The number of imide groups is 2. The average molecular weight is 757 g/mol. The van der Waals surface area contributed by atoms with E-state index in [9.17, 15) is 18.8 Å². The Morgan fingerprint density at radius 1 is 0.884 bits per heavy atom. The molecule has 0 radical (unpaired) electrons. The molecule has 0 aliphatic carbocycles. The van der Waals surface area contributed by atoms with E-state index in [1.165, 1.54) is 25.3 Å². The predicted octanol–water partition coefficient (Wildman–Crippen LogP) is 7.03. The van der Waals surface area contributed by atoms with Crippen LogP contribution in [0.2, 0.25) is 0 Å². The second-order valence-electron chi connectivity index (χ2n) is 9.32. The molecule has 1 aliphatic heterocycles. The lowest BCUT2D eigenvalue weighted by Crippen LogP contribution is -2.54. The summed E-state index contributed by atoms with van der Waals surface area (Å²) < 4.78 is 32.1. The molecule has 11 heteroatoms. The summed E-state index contributed by atoms with van der Waals surface area (Å²) in [5.41, 5.74) is 2.27. The number of halogens is 3. The van der Waals surface area contributed by atoms with Crippen LogP contribution in [0.25, 0.3) is 6.08 Å². The molecular formula is C32H23BrFIN2O6. The maximum atomic E-state index is 13.4. The largest absolute Gasteiger partial charge is 0.493 e. The van der Waals surface area contributed by atoms with Gasteiger partial charge in [-0.2, -0.15) is 0 Å². The smallest absolute Gasteiger partial charge is 0.335 e. The maximum absolute atomic E-state index is 13.4. The van der Waals surface area contributed by atoms with Gasteiger partial charge in [-0.3, -0.25) is 14.9 Å². The van der Waals surface area contributed by atoms with Crippen LogP contribution in [0.1, 0.15) is 16.7 Å². The number of hydrogen-bond donors (Lipinski definition) is 1. The monoisotopic (exact) mass is 756 g/mol. The summed E-state index contributed by atoms with van der Waals surface area (Å²) in [4.78, 5) is 39.7. The summed E-state index contributed by atoms with van der Waals surface area (Å²) in [7, 11) is 1.47. The van der Waals surface area contributed by atoms with Crippen molar-refractivity contribution in [3.8, 4) is 17.2 Å². The fourth-order valence-electron chi connectivity index (χ4n) is 4.20. The van der Waals surface area contributed by atoms with Gasteiger partial charge in [0.15, 0.2) is 11.5 Å². The van der Waals surface area contributed by atoms with E-state index < -0.39 is 17.8 Å². The Labute approximate surface area is 268 Å². The van der Waals surface area contributed by atoms with Gasteiger partial charge < -0.3 is 14.2 Å². The first kappa shape index (κ1) is 30.2. The molecular weight excluding hydrogens is 734 g/mol. The third-order valence-corrected chi connectivity index (χ3v) is 7.70. The highest BCUT2D eigenvalue weighted by Gasteiger charge is 2.37. The van der Waals surface area contributed by atoms with Crippen LogP contribution in [-0.2, 0) is 22.8 Å². The Balaban J connectivity index is 1.33. The van der Waals surface area contributed by atoms with Crippen LogP contribution < -0.4 is 24.4 Å². The number of barbiturate groups is 1. The lowest BCUT2D eigenvalue weighted by atomic mass is 10.1. The highest BCUT2D eigenvalue weighted by Crippen LogP contribution is 2.36. The van der Waals surface area contributed by atoms with Crippen molar-refractivity contribution in [1.29, 1.82) is 0 Å². The number of hydrogen-bond acceptors (Lipinski definition) is 6. The van der Waals surface area contributed by atoms with E-state index in [1.807, 2.05) is 24.3 Å². The number of ether oxygens (including phenoxy) is 3. The third kappa shape index (κ3) is 7.23. The summed E-state index contributed by atoms with van der Waals surface area (Å²) in [6.07, 6.45) is 1.39. The van der Waals surface area contributed by atoms with Gasteiger partial charge in [-0.1, -0.05) is 40.2 Å². The quantitative estimate of drug-likeness (QED) is 0.112. The number of nitrogens with zero attached hydrogens (tertiary/aromatic N) is 1.